The number of fused-ring (bicyclic) bond motifs is 1. The highest BCUT2D eigenvalue weighted by Crippen LogP contribution is 2.32. The van der Waals surface area contributed by atoms with Gasteiger partial charge in [0.15, 0.2) is 0 Å². The van der Waals surface area contributed by atoms with Crippen molar-refractivity contribution in [2.24, 2.45) is 0 Å². The molecule has 136 valence electrons. The number of hydrogen-bond acceptors (Lipinski definition) is 5. The fraction of sp³-hybridized carbons (Fsp3) is 0.300. The lowest BCUT2D eigenvalue weighted by Crippen LogP contribution is -2.45. The minimum absolute atomic E-state index is 0.000440. The molecule has 0 aliphatic carbocycles. The van der Waals surface area contributed by atoms with Gasteiger partial charge < -0.3 is 15.4 Å². The van der Waals surface area contributed by atoms with Crippen molar-refractivity contribution in [3.63, 3.8) is 0 Å². The molecule has 0 saturated heterocycles. The van der Waals surface area contributed by atoms with E-state index in [9.17, 15) is 9.59 Å². The molecule has 2 N–H and O–H groups in total. The number of anilines is 1. The van der Waals surface area contributed by atoms with Crippen LogP contribution in [-0.2, 0) is 20.7 Å². The standard InChI is InChI=1S/C20H22N2O3S/c1-4-25-19(24)16(18(23)21-15-10-7-11-26-15)17-14-9-6-5-8-13(14)12-20(2,3)22-17/h5-11,22H,4,12H2,1-3H3,(H,21,23)/b17-16-. The van der Waals surface area contributed by atoms with Crippen LogP contribution in [0.15, 0.2) is 47.4 Å². The molecule has 2 aromatic rings. The van der Waals surface area contributed by atoms with Crippen molar-refractivity contribution in [3.8, 4) is 0 Å². The Morgan fingerprint density at radius 3 is 2.69 bits per heavy atom. The lowest BCUT2D eigenvalue weighted by Gasteiger charge is -2.36. The molecule has 0 fully saturated rings. The molecular formula is C20H22N2O3S. The Bertz CT molecular complexity index is 854. The van der Waals surface area contributed by atoms with E-state index in [2.05, 4.69) is 10.6 Å². The van der Waals surface area contributed by atoms with Crippen LogP contribution in [-0.4, -0.2) is 24.0 Å². The molecule has 3 rings (SSSR count). The van der Waals surface area contributed by atoms with Crippen molar-refractivity contribution in [2.75, 3.05) is 11.9 Å². The van der Waals surface area contributed by atoms with E-state index in [1.165, 1.54) is 11.3 Å². The summed E-state index contributed by atoms with van der Waals surface area (Å²) < 4.78 is 5.19. The molecule has 0 bridgehead atoms. The van der Waals surface area contributed by atoms with Gasteiger partial charge in [-0.3, -0.25) is 4.79 Å². The maximum absolute atomic E-state index is 12.9. The number of carbonyl (C=O) groups excluding carboxylic acids is 2. The Labute approximate surface area is 157 Å². The number of benzene rings is 1. The maximum atomic E-state index is 12.9. The van der Waals surface area contributed by atoms with Crippen LogP contribution in [0, 0.1) is 0 Å². The quantitative estimate of drug-likeness (QED) is 0.374. The highest BCUT2D eigenvalue weighted by Gasteiger charge is 2.34. The van der Waals surface area contributed by atoms with E-state index in [1.807, 2.05) is 49.6 Å². The second kappa shape index (κ2) is 7.33. The van der Waals surface area contributed by atoms with E-state index in [0.29, 0.717) is 10.7 Å². The zero-order valence-electron chi connectivity index (χ0n) is 15.1. The van der Waals surface area contributed by atoms with Crippen LogP contribution in [0.25, 0.3) is 5.70 Å². The number of thiophene rings is 1. The first-order valence-electron chi connectivity index (χ1n) is 8.54. The predicted molar refractivity (Wildman–Crippen MR) is 104 cm³/mol. The number of carbonyl (C=O) groups is 2. The molecule has 0 spiro atoms. The summed E-state index contributed by atoms with van der Waals surface area (Å²) >= 11 is 1.40. The van der Waals surface area contributed by atoms with Crippen molar-refractivity contribution < 1.29 is 14.3 Å². The van der Waals surface area contributed by atoms with Gasteiger partial charge in [0.2, 0.25) is 0 Å². The molecule has 6 heteroatoms. The third kappa shape index (κ3) is 3.80. The van der Waals surface area contributed by atoms with Gasteiger partial charge in [-0.2, -0.15) is 0 Å². The lowest BCUT2D eigenvalue weighted by molar-refractivity contribution is -0.139. The number of esters is 1. The Morgan fingerprint density at radius 2 is 2.00 bits per heavy atom. The van der Waals surface area contributed by atoms with Gasteiger partial charge in [0.25, 0.3) is 5.91 Å². The van der Waals surface area contributed by atoms with Gasteiger partial charge in [-0.05, 0) is 50.3 Å². The highest BCUT2D eigenvalue weighted by atomic mass is 32.1. The van der Waals surface area contributed by atoms with Crippen molar-refractivity contribution >= 4 is 33.9 Å². The number of nitrogens with one attached hydrogen (secondary N) is 2. The van der Waals surface area contributed by atoms with E-state index in [1.54, 1.807) is 13.0 Å². The monoisotopic (exact) mass is 370 g/mol. The molecule has 5 nitrogen and oxygen atoms in total. The number of ether oxygens (including phenoxy) is 1. The molecule has 0 saturated carbocycles. The zero-order valence-corrected chi connectivity index (χ0v) is 15.9. The van der Waals surface area contributed by atoms with Crippen LogP contribution in [0.1, 0.15) is 31.9 Å². The van der Waals surface area contributed by atoms with Gasteiger partial charge in [0.1, 0.15) is 5.57 Å². The van der Waals surface area contributed by atoms with Crippen molar-refractivity contribution in [1.29, 1.82) is 0 Å². The van der Waals surface area contributed by atoms with Gasteiger partial charge in [-0.15, -0.1) is 11.3 Å². The number of rotatable bonds is 4. The topological polar surface area (TPSA) is 67.4 Å². The fourth-order valence-electron chi connectivity index (χ4n) is 3.08. The number of hydrogen-bond donors (Lipinski definition) is 2. The minimum Gasteiger partial charge on any atom is -0.462 e. The summed E-state index contributed by atoms with van der Waals surface area (Å²) in [7, 11) is 0. The molecule has 1 aliphatic heterocycles. The average Bonchev–Trinajstić information content (AvgIpc) is 3.07. The average molecular weight is 370 g/mol. The van der Waals surface area contributed by atoms with Crippen LogP contribution in [0.3, 0.4) is 0 Å². The summed E-state index contributed by atoms with van der Waals surface area (Å²) in [6.07, 6.45) is 0.801. The summed E-state index contributed by atoms with van der Waals surface area (Å²) in [6, 6.07) is 11.5. The molecule has 1 aromatic heterocycles. The van der Waals surface area contributed by atoms with E-state index in [4.69, 9.17) is 4.74 Å². The Morgan fingerprint density at radius 1 is 1.23 bits per heavy atom. The van der Waals surface area contributed by atoms with Crippen LogP contribution in [0.5, 0.6) is 0 Å². The van der Waals surface area contributed by atoms with Crippen LogP contribution >= 0.6 is 11.3 Å². The third-order valence-corrected chi connectivity index (χ3v) is 4.88. The van der Waals surface area contributed by atoms with Gasteiger partial charge in [0, 0.05) is 11.1 Å². The summed E-state index contributed by atoms with van der Waals surface area (Å²) in [5.41, 5.74) is 2.18. The van der Waals surface area contributed by atoms with E-state index in [-0.39, 0.29) is 17.7 Å². The SMILES string of the molecule is CCOC(=O)/C(C(=O)Nc1cccs1)=C1\NC(C)(C)Cc2ccccc21. The molecular weight excluding hydrogens is 348 g/mol. The predicted octanol–water partition coefficient (Wildman–Crippen LogP) is 3.59. The highest BCUT2D eigenvalue weighted by molar-refractivity contribution is 7.14. The molecule has 0 atom stereocenters. The Balaban J connectivity index is 2.12. The van der Waals surface area contributed by atoms with Crippen molar-refractivity contribution in [3.05, 3.63) is 58.5 Å². The molecule has 0 radical (unpaired) electrons. The normalized spacial score (nSPS) is 16.9. The van der Waals surface area contributed by atoms with Gasteiger partial charge in [0.05, 0.1) is 17.3 Å². The van der Waals surface area contributed by atoms with Crippen molar-refractivity contribution in [1.82, 2.24) is 5.32 Å². The minimum atomic E-state index is -0.628. The van der Waals surface area contributed by atoms with Gasteiger partial charge in [-0.25, -0.2) is 4.79 Å². The van der Waals surface area contributed by atoms with Crippen LogP contribution in [0.2, 0.25) is 0 Å². The first-order chi connectivity index (χ1) is 12.4. The maximum Gasteiger partial charge on any atom is 0.345 e. The van der Waals surface area contributed by atoms with Gasteiger partial charge >= 0.3 is 5.97 Å². The third-order valence-electron chi connectivity index (χ3n) is 4.10. The van der Waals surface area contributed by atoms with Crippen LogP contribution < -0.4 is 10.6 Å². The van der Waals surface area contributed by atoms with E-state index >= 15 is 0 Å². The van der Waals surface area contributed by atoms with Gasteiger partial charge in [-0.1, -0.05) is 24.3 Å². The number of amides is 1. The second-order valence-electron chi connectivity index (χ2n) is 6.74. The molecule has 2 heterocycles. The summed E-state index contributed by atoms with van der Waals surface area (Å²) in [4.78, 5) is 25.6. The lowest BCUT2D eigenvalue weighted by atomic mass is 9.84. The first kappa shape index (κ1) is 18.2. The second-order valence-corrected chi connectivity index (χ2v) is 7.69. The largest absolute Gasteiger partial charge is 0.462 e. The molecule has 26 heavy (non-hydrogen) atoms. The summed E-state index contributed by atoms with van der Waals surface area (Å²) in [5.74, 6) is -1.10. The van der Waals surface area contributed by atoms with Crippen LogP contribution in [0.4, 0.5) is 5.00 Å². The summed E-state index contributed by atoms with van der Waals surface area (Å²) in [6.45, 7) is 6.02. The Kier molecular flexibility index (Phi) is 5.13. The first-order valence-corrected chi connectivity index (χ1v) is 9.42. The van der Waals surface area contributed by atoms with E-state index < -0.39 is 11.9 Å². The molecule has 1 aromatic carbocycles. The molecule has 1 aliphatic rings. The molecule has 0 unspecified atom stereocenters. The fourth-order valence-corrected chi connectivity index (χ4v) is 3.69. The Hall–Kier alpha value is -2.60. The molecule has 1 amide bonds. The smallest absolute Gasteiger partial charge is 0.345 e. The van der Waals surface area contributed by atoms with E-state index in [0.717, 1.165) is 17.5 Å². The summed E-state index contributed by atoms with van der Waals surface area (Å²) in [5, 5.41) is 8.71. The zero-order chi connectivity index (χ0) is 18.7. The van der Waals surface area contributed by atoms with Crippen molar-refractivity contribution in [2.45, 2.75) is 32.7 Å².